The van der Waals surface area contributed by atoms with Crippen molar-refractivity contribution in [1.29, 1.82) is 0 Å². The van der Waals surface area contributed by atoms with E-state index >= 15 is 0 Å². The van der Waals surface area contributed by atoms with E-state index in [4.69, 9.17) is 4.74 Å². The van der Waals surface area contributed by atoms with Gasteiger partial charge in [-0.05, 0) is 38.5 Å². The van der Waals surface area contributed by atoms with Gasteiger partial charge >= 0.3 is 0 Å². The molecule has 2 aromatic carbocycles. The lowest BCUT2D eigenvalue weighted by atomic mass is 10.0. The highest BCUT2D eigenvalue weighted by atomic mass is 16.5. The lowest BCUT2D eigenvalue weighted by molar-refractivity contribution is -0.912. The summed E-state index contributed by atoms with van der Waals surface area (Å²) < 4.78 is 5.38. The Morgan fingerprint density at radius 1 is 1.11 bits per heavy atom. The maximum atomic E-state index is 13.3. The average molecular weight is 385 g/mol. The second kappa shape index (κ2) is 10.5. The molecule has 0 spiro atoms. The van der Waals surface area contributed by atoms with Crippen molar-refractivity contribution in [1.82, 2.24) is 5.32 Å². The van der Waals surface area contributed by atoms with Crippen LogP contribution in [-0.2, 0) is 9.59 Å². The lowest BCUT2D eigenvalue weighted by Crippen LogP contribution is -3.14. The molecule has 6 heteroatoms. The van der Waals surface area contributed by atoms with Gasteiger partial charge in [-0.25, -0.2) is 0 Å². The number of hydrogen-bond donors (Lipinski definition) is 3. The zero-order valence-corrected chi connectivity index (χ0v) is 17.0. The van der Waals surface area contributed by atoms with E-state index in [-0.39, 0.29) is 18.4 Å². The van der Waals surface area contributed by atoms with E-state index in [0.717, 1.165) is 16.0 Å². The van der Waals surface area contributed by atoms with E-state index < -0.39 is 6.04 Å². The smallest absolute Gasteiger partial charge is 0.287 e. The highest BCUT2D eigenvalue weighted by molar-refractivity contribution is 5.96. The van der Waals surface area contributed by atoms with Crippen LogP contribution >= 0.6 is 0 Å². The van der Waals surface area contributed by atoms with Gasteiger partial charge in [0, 0.05) is 12.1 Å². The molecule has 0 aliphatic rings. The fourth-order valence-corrected chi connectivity index (χ4v) is 3.24. The van der Waals surface area contributed by atoms with Crippen molar-refractivity contribution in [3.63, 3.8) is 0 Å². The predicted molar refractivity (Wildman–Crippen MR) is 111 cm³/mol. The van der Waals surface area contributed by atoms with Gasteiger partial charge in [0.25, 0.3) is 11.8 Å². The van der Waals surface area contributed by atoms with E-state index in [0.29, 0.717) is 24.5 Å². The number of carbonyl (C=O) groups excluding carboxylic acids is 2. The third-order valence-corrected chi connectivity index (χ3v) is 4.63. The monoisotopic (exact) mass is 384 g/mol. The Kier molecular flexibility index (Phi) is 8.02. The summed E-state index contributed by atoms with van der Waals surface area (Å²) in [6, 6.07) is 14.7. The van der Waals surface area contributed by atoms with Crippen molar-refractivity contribution in [3.05, 3.63) is 59.7 Å². The van der Waals surface area contributed by atoms with Crippen LogP contribution in [0.1, 0.15) is 31.0 Å². The fourth-order valence-electron chi connectivity index (χ4n) is 3.24. The molecule has 0 heterocycles. The number of nitrogens with one attached hydrogen (secondary N) is 3. The van der Waals surface area contributed by atoms with Crippen molar-refractivity contribution in [2.75, 3.05) is 32.1 Å². The zero-order valence-electron chi connectivity index (χ0n) is 17.0. The minimum Gasteiger partial charge on any atom is -0.495 e. The summed E-state index contributed by atoms with van der Waals surface area (Å²) >= 11 is 0. The number of rotatable bonds is 9. The van der Waals surface area contributed by atoms with E-state index in [9.17, 15) is 9.59 Å². The summed E-state index contributed by atoms with van der Waals surface area (Å²) in [7, 11) is 1.58. The van der Waals surface area contributed by atoms with Crippen molar-refractivity contribution in [2.24, 2.45) is 0 Å². The number of hydrogen-bond acceptors (Lipinski definition) is 3. The molecule has 1 unspecified atom stereocenters. The first-order valence-electron chi connectivity index (χ1n) is 9.61. The van der Waals surface area contributed by atoms with Crippen LogP contribution in [0.3, 0.4) is 0 Å². The third-order valence-electron chi connectivity index (χ3n) is 4.63. The van der Waals surface area contributed by atoms with Gasteiger partial charge in [-0.2, -0.15) is 0 Å². The van der Waals surface area contributed by atoms with Gasteiger partial charge in [0.1, 0.15) is 5.75 Å². The Labute approximate surface area is 166 Å². The number of anilines is 1. The molecule has 0 saturated carbocycles. The molecule has 2 rings (SSSR count). The predicted octanol–water partition coefficient (Wildman–Crippen LogP) is 1.72. The number of carbonyl (C=O) groups is 2. The molecule has 2 amide bonds. The topological polar surface area (TPSA) is 71.9 Å². The molecule has 3 N–H and O–H groups in total. The molecule has 0 fully saturated rings. The second-order valence-electron chi connectivity index (χ2n) is 6.68. The second-order valence-corrected chi connectivity index (χ2v) is 6.68. The number of amides is 2. The van der Waals surface area contributed by atoms with Crippen molar-refractivity contribution in [2.45, 2.75) is 26.8 Å². The van der Waals surface area contributed by atoms with Gasteiger partial charge in [0.2, 0.25) is 0 Å². The lowest BCUT2D eigenvalue weighted by Gasteiger charge is -2.27. The summed E-state index contributed by atoms with van der Waals surface area (Å²) in [5, 5.41) is 5.82. The van der Waals surface area contributed by atoms with Crippen molar-refractivity contribution < 1.29 is 19.2 Å². The normalized spacial score (nSPS) is 12.7. The molecule has 150 valence electrons. The highest BCUT2D eigenvalue weighted by Gasteiger charge is 2.32. The minimum absolute atomic E-state index is 0.0683. The van der Waals surface area contributed by atoms with Gasteiger partial charge < -0.3 is 20.3 Å². The van der Waals surface area contributed by atoms with E-state index in [1.165, 1.54) is 0 Å². The number of benzene rings is 2. The summed E-state index contributed by atoms with van der Waals surface area (Å²) in [5.41, 5.74) is 2.52. The SMILES string of the molecule is CCNC(=O)C[NH+](CC)[C@H](C(=O)Nc1cc(C)ccc1OC)c1ccccc1. The molecule has 0 aromatic heterocycles. The number of methoxy groups -OCH3 is 1. The average Bonchev–Trinajstić information content (AvgIpc) is 2.68. The summed E-state index contributed by atoms with van der Waals surface area (Å²) in [6.07, 6.45) is 0. The van der Waals surface area contributed by atoms with E-state index in [2.05, 4.69) is 10.6 Å². The Hall–Kier alpha value is -2.86. The van der Waals surface area contributed by atoms with E-state index in [1.807, 2.05) is 69.3 Å². The fraction of sp³-hybridized carbons (Fsp3) is 0.364. The van der Waals surface area contributed by atoms with Gasteiger partial charge in [-0.15, -0.1) is 0 Å². The minimum atomic E-state index is -0.515. The van der Waals surface area contributed by atoms with Crippen LogP contribution in [0.15, 0.2) is 48.5 Å². The molecule has 0 aliphatic carbocycles. The first kappa shape index (κ1) is 21.4. The Balaban J connectivity index is 2.34. The van der Waals surface area contributed by atoms with Gasteiger partial charge in [0.15, 0.2) is 12.6 Å². The maximum absolute atomic E-state index is 13.3. The first-order valence-corrected chi connectivity index (χ1v) is 9.61. The summed E-state index contributed by atoms with van der Waals surface area (Å²) in [4.78, 5) is 26.4. The Bertz CT molecular complexity index is 793. The largest absolute Gasteiger partial charge is 0.495 e. The molecule has 2 atom stereocenters. The van der Waals surface area contributed by atoms with Crippen LogP contribution in [0.4, 0.5) is 5.69 Å². The quantitative estimate of drug-likeness (QED) is 0.617. The molecule has 6 nitrogen and oxygen atoms in total. The van der Waals surface area contributed by atoms with Crippen LogP contribution in [0.5, 0.6) is 5.75 Å². The molecule has 0 aliphatic heterocycles. The number of aryl methyl sites for hydroxylation is 1. The van der Waals surface area contributed by atoms with Crippen molar-refractivity contribution in [3.8, 4) is 5.75 Å². The van der Waals surface area contributed by atoms with Crippen LogP contribution in [0.25, 0.3) is 0 Å². The van der Waals surface area contributed by atoms with Crippen molar-refractivity contribution >= 4 is 17.5 Å². The zero-order chi connectivity index (χ0) is 20.5. The molecular weight excluding hydrogens is 354 g/mol. The molecule has 0 bridgehead atoms. The number of ether oxygens (including phenoxy) is 1. The van der Waals surface area contributed by atoms with Crippen LogP contribution < -0.4 is 20.3 Å². The van der Waals surface area contributed by atoms with Gasteiger partial charge in [-0.3, -0.25) is 9.59 Å². The van der Waals surface area contributed by atoms with Gasteiger partial charge in [-0.1, -0.05) is 36.4 Å². The first-order chi connectivity index (χ1) is 13.5. The molecule has 28 heavy (non-hydrogen) atoms. The third kappa shape index (κ3) is 5.57. The molecule has 0 saturated heterocycles. The standard InChI is InChI=1S/C22H29N3O3/c1-5-23-20(26)15-25(6-2)21(17-10-8-7-9-11-17)22(27)24-18-14-16(3)12-13-19(18)28-4/h7-14,21H,5-6,15H2,1-4H3,(H,23,26)(H,24,27)/p+1/t21-/m0/s1. The van der Waals surface area contributed by atoms with Crippen LogP contribution in [0.2, 0.25) is 0 Å². The molecular formula is C22H30N3O3+. The van der Waals surface area contributed by atoms with Gasteiger partial charge in [0.05, 0.1) is 19.3 Å². The van der Waals surface area contributed by atoms with Crippen LogP contribution in [0, 0.1) is 6.92 Å². The molecule has 2 aromatic rings. The highest BCUT2D eigenvalue weighted by Crippen LogP contribution is 2.26. The summed E-state index contributed by atoms with van der Waals surface area (Å²) in [5.74, 6) is 0.366. The maximum Gasteiger partial charge on any atom is 0.287 e. The van der Waals surface area contributed by atoms with Crippen LogP contribution in [-0.4, -0.2) is 38.6 Å². The number of likely N-dealkylation sites (N-methyl/N-ethyl adjacent to an activating group) is 2. The van der Waals surface area contributed by atoms with E-state index in [1.54, 1.807) is 7.11 Å². The Morgan fingerprint density at radius 3 is 2.43 bits per heavy atom. The number of quaternary nitrogens is 1. The Morgan fingerprint density at radius 2 is 1.82 bits per heavy atom. The molecule has 0 radical (unpaired) electrons. The summed E-state index contributed by atoms with van der Waals surface area (Å²) in [6.45, 7) is 7.25.